The number of carbonyl (C=O) groups excluding carboxylic acids is 1. The zero-order valence-corrected chi connectivity index (χ0v) is 20.3. The van der Waals surface area contributed by atoms with Crippen LogP contribution in [-0.4, -0.2) is 19.9 Å². The highest BCUT2D eigenvalue weighted by molar-refractivity contribution is 9.13. The molecule has 10 heteroatoms. The summed E-state index contributed by atoms with van der Waals surface area (Å²) in [7, 11) is 0. The molecule has 0 fully saturated rings. The van der Waals surface area contributed by atoms with Crippen LogP contribution in [0.1, 0.15) is 26.4 Å². The average Bonchev–Trinajstić information content (AvgIpc) is 3.23. The van der Waals surface area contributed by atoms with Crippen LogP contribution in [0.15, 0.2) is 67.5 Å². The maximum atomic E-state index is 13.0. The molecule has 1 amide bonds. The van der Waals surface area contributed by atoms with E-state index in [1.54, 1.807) is 25.4 Å². The maximum Gasteiger partial charge on any atom is 0.336 e. The number of benzene rings is 1. The topological polar surface area (TPSA) is 85.5 Å². The Hall–Kier alpha value is -2.56. The third-order valence-corrected chi connectivity index (χ3v) is 7.81. The molecule has 1 aromatic carbocycles. The highest BCUT2D eigenvalue weighted by Gasteiger charge is 2.18. The van der Waals surface area contributed by atoms with Gasteiger partial charge in [0.25, 0.3) is 11.5 Å². The fourth-order valence-corrected chi connectivity index (χ4v) is 4.78. The first-order valence-corrected chi connectivity index (χ1v) is 11.6. The molecule has 4 rings (SSSR count). The number of fused-ring (bicyclic) bond motifs is 1. The van der Waals surface area contributed by atoms with Crippen molar-refractivity contribution in [3.8, 4) is 0 Å². The second-order valence-corrected chi connectivity index (χ2v) is 9.60. The number of rotatable bonds is 5. The Kier molecular flexibility index (Phi) is 6.22. The van der Waals surface area contributed by atoms with Crippen LogP contribution in [0.2, 0.25) is 0 Å². The molecule has 0 aliphatic rings. The van der Waals surface area contributed by atoms with Crippen LogP contribution in [0.3, 0.4) is 0 Å². The zero-order valence-electron chi connectivity index (χ0n) is 16.3. The first kappa shape index (κ1) is 21.7. The molecule has 0 aliphatic carbocycles. The Morgan fingerprint density at radius 2 is 1.97 bits per heavy atom. The van der Waals surface area contributed by atoms with Crippen LogP contribution in [-0.2, 0) is 13.1 Å². The molecule has 0 unspecified atom stereocenters. The first-order chi connectivity index (χ1) is 14.8. The standard InChI is InChI=1S/C21H16Br2N4O3S/c1-12-19(29)26(10-13-4-5-15(22)16(23)7-13)21(30)27-11-17(31-20(12)27)18(28)25-9-14-3-2-6-24-8-14/h2-8,11H,9-10H2,1H3,(H,25,28). The van der Waals surface area contributed by atoms with Crippen molar-refractivity contribution >= 4 is 53.9 Å². The fourth-order valence-electron chi connectivity index (χ4n) is 3.10. The minimum Gasteiger partial charge on any atom is -0.347 e. The number of nitrogens with one attached hydrogen (secondary N) is 1. The van der Waals surface area contributed by atoms with E-state index in [2.05, 4.69) is 42.2 Å². The second kappa shape index (κ2) is 8.89. The van der Waals surface area contributed by atoms with Crippen molar-refractivity contribution in [1.29, 1.82) is 0 Å². The van der Waals surface area contributed by atoms with Gasteiger partial charge in [-0.3, -0.25) is 23.5 Å². The maximum absolute atomic E-state index is 13.0. The minimum atomic E-state index is -0.479. The number of amides is 1. The molecule has 0 atom stereocenters. The lowest BCUT2D eigenvalue weighted by atomic mass is 10.2. The molecule has 3 aromatic heterocycles. The smallest absolute Gasteiger partial charge is 0.336 e. The third-order valence-electron chi connectivity index (χ3n) is 4.72. The molecule has 0 bridgehead atoms. The summed E-state index contributed by atoms with van der Waals surface area (Å²) < 4.78 is 4.27. The number of aromatic nitrogens is 3. The summed E-state index contributed by atoms with van der Waals surface area (Å²) in [6.07, 6.45) is 4.82. The fraction of sp³-hybridized carbons (Fsp3) is 0.143. The normalized spacial score (nSPS) is 11.1. The molecule has 0 spiro atoms. The predicted molar refractivity (Wildman–Crippen MR) is 127 cm³/mol. The number of halogens is 2. The summed E-state index contributed by atoms with van der Waals surface area (Å²) in [6, 6.07) is 9.20. The molecular weight excluding hydrogens is 548 g/mol. The van der Waals surface area contributed by atoms with Gasteiger partial charge in [0.15, 0.2) is 0 Å². The van der Waals surface area contributed by atoms with Crippen LogP contribution in [0.4, 0.5) is 0 Å². The van der Waals surface area contributed by atoms with E-state index in [4.69, 9.17) is 0 Å². The Morgan fingerprint density at radius 3 is 2.68 bits per heavy atom. The Balaban J connectivity index is 1.67. The van der Waals surface area contributed by atoms with Crippen LogP contribution >= 0.6 is 43.2 Å². The summed E-state index contributed by atoms with van der Waals surface area (Å²) in [4.78, 5) is 43.4. The molecule has 1 N–H and O–H groups in total. The molecule has 4 aromatic rings. The van der Waals surface area contributed by atoms with Crippen molar-refractivity contribution in [2.24, 2.45) is 0 Å². The number of carbonyl (C=O) groups is 1. The molecular formula is C21H16Br2N4O3S. The summed E-state index contributed by atoms with van der Waals surface area (Å²) >= 11 is 7.97. The molecule has 0 saturated carbocycles. The lowest BCUT2D eigenvalue weighted by Crippen LogP contribution is -2.38. The number of thiazole rings is 1. The molecule has 0 aliphatic heterocycles. The largest absolute Gasteiger partial charge is 0.347 e. The Bertz CT molecular complexity index is 1410. The third kappa shape index (κ3) is 4.41. The van der Waals surface area contributed by atoms with E-state index in [0.29, 0.717) is 21.8 Å². The molecule has 158 valence electrons. The van der Waals surface area contributed by atoms with E-state index in [0.717, 1.165) is 31.4 Å². The van der Waals surface area contributed by atoms with Gasteiger partial charge in [-0.05, 0) is 68.1 Å². The average molecular weight is 564 g/mol. The van der Waals surface area contributed by atoms with Crippen LogP contribution < -0.4 is 16.6 Å². The first-order valence-electron chi connectivity index (χ1n) is 9.22. The van der Waals surface area contributed by atoms with Crippen molar-refractivity contribution in [2.75, 3.05) is 0 Å². The van der Waals surface area contributed by atoms with E-state index >= 15 is 0 Å². The van der Waals surface area contributed by atoms with Crippen molar-refractivity contribution < 1.29 is 4.79 Å². The highest BCUT2D eigenvalue weighted by atomic mass is 79.9. The zero-order chi connectivity index (χ0) is 22.1. The number of hydrogen-bond acceptors (Lipinski definition) is 5. The lowest BCUT2D eigenvalue weighted by Gasteiger charge is -2.08. The summed E-state index contributed by atoms with van der Waals surface area (Å²) in [5.41, 5.74) is 1.25. The van der Waals surface area contributed by atoms with E-state index in [1.165, 1.54) is 15.2 Å². The van der Waals surface area contributed by atoms with Crippen molar-refractivity contribution in [2.45, 2.75) is 20.0 Å². The van der Waals surface area contributed by atoms with Gasteiger partial charge in [-0.2, -0.15) is 0 Å². The number of hydrogen-bond donors (Lipinski definition) is 1. The molecule has 0 saturated heterocycles. The van der Waals surface area contributed by atoms with Crippen LogP contribution in [0.25, 0.3) is 4.83 Å². The van der Waals surface area contributed by atoms with Gasteiger partial charge in [-0.15, -0.1) is 11.3 Å². The summed E-state index contributed by atoms with van der Waals surface area (Å²) in [6.45, 7) is 2.12. The van der Waals surface area contributed by atoms with Crippen molar-refractivity contribution in [3.05, 3.63) is 100 Å². The van der Waals surface area contributed by atoms with E-state index in [1.807, 2.05) is 24.3 Å². The number of nitrogens with zero attached hydrogens (tertiary/aromatic N) is 3. The van der Waals surface area contributed by atoms with Gasteiger partial charge in [0.05, 0.1) is 6.54 Å². The minimum absolute atomic E-state index is 0.131. The van der Waals surface area contributed by atoms with Gasteiger partial charge in [-0.25, -0.2) is 4.79 Å². The molecule has 0 radical (unpaired) electrons. The van der Waals surface area contributed by atoms with Crippen LogP contribution in [0, 0.1) is 6.92 Å². The monoisotopic (exact) mass is 562 g/mol. The number of pyridine rings is 1. The number of aryl methyl sites for hydroxylation is 1. The quantitative estimate of drug-likeness (QED) is 0.401. The van der Waals surface area contributed by atoms with Gasteiger partial charge in [0.2, 0.25) is 0 Å². The van der Waals surface area contributed by atoms with Gasteiger partial charge in [0, 0.05) is 39.6 Å². The lowest BCUT2D eigenvalue weighted by molar-refractivity contribution is 0.0954. The summed E-state index contributed by atoms with van der Waals surface area (Å²) in [5.74, 6) is -0.313. The summed E-state index contributed by atoms with van der Waals surface area (Å²) in [5, 5.41) is 2.82. The van der Waals surface area contributed by atoms with Gasteiger partial charge in [0.1, 0.15) is 9.71 Å². The highest BCUT2D eigenvalue weighted by Crippen LogP contribution is 2.24. The van der Waals surface area contributed by atoms with E-state index in [-0.39, 0.29) is 18.0 Å². The van der Waals surface area contributed by atoms with Gasteiger partial charge in [-0.1, -0.05) is 12.1 Å². The Morgan fingerprint density at radius 1 is 1.16 bits per heavy atom. The van der Waals surface area contributed by atoms with Gasteiger partial charge < -0.3 is 5.32 Å². The van der Waals surface area contributed by atoms with Crippen molar-refractivity contribution in [3.63, 3.8) is 0 Å². The predicted octanol–water partition coefficient (Wildman–Crippen LogP) is 3.73. The van der Waals surface area contributed by atoms with Crippen molar-refractivity contribution in [1.82, 2.24) is 19.3 Å². The second-order valence-electron chi connectivity index (χ2n) is 6.86. The molecule has 3 heterocycles. The van der Waals surface area contributed by atoms with Gasteiger partial charge >= 0.3 is 5.69 Å². The SMILES string of the molecule is Cc1c(=O)n(Cc2ccc(Br)c(Br)c2)c(=O)n2cc(C(=O)NCc3cccnc3)sc12. The van der Waals surface area contributed by atoms with E-state index < -0.39 is 5.69 Å². The van der Waals surface area contributed by atoms with E-state index in [9.17, 15) is 14.4 Å². The Labute approximate surface area is 197 Å². The molecule has 31 heavy (non-hydrogen) atoms. The van der Waals surface area contributed by atoms with Crippen LogP contribution in [0.5, 0.6) is 0 Å². The molecule has 7 nitrogen and oxygen atoms in total.